The summed E-state index contributed by atoms with van der Waals surface area (Å²) in [4.78, 5) is 14.3. The molecule has 0 radical (unpaired) electrons. The predicted octanol–water partition coefficient (Wildman–Crippen LogP) is 2.50. The SMILES string of the molecule is CN(CC1(C)COC1)C(=O)c1cccc(CCC(C)(C)O)c1. The van der Waals surface area contributed by atoms with Crippen molar-refractivity contribution in [3.63, 3.8) is 0 Å². The molecule has 1 aliphatic heterocycles. The Bertz CT molecular complexity index is 529. The lowest BCUT2D eigenvalue weighted by Crippen LogP contribution is -2.49. The highest BCUT2D eigenvalue weighted by Gasteiger charge is 2.35. The van der Waals surface area contributed by atoms with Crippen LogP contribution in [-0.2, 0) is 11.2 Å². The van der Waals surface area contributed by atoms with E-state index in [1.165, 1.54) is 0 Å². The predicted molar refractivity (Wildman–Crippen MR) is 86.9 cm³/mol. The smallest absolute Gasteiger partial charge is 0.253 e. The second-order valence-corrected chi connectivity index (χ2v) is 7.48. The van der Waals surface area contributed by atoms with Gasteiger partial charge in [-0.25, -0.2) is 0 Å². The van der Waals surface area contributed by atoms with Crippen molar-refractivity contribution in [2.24, 2.45) is 5.41 Å². The van der Waals surface area contributed by atoms with E-state index in [-0.39, 0.29) is 11.3 Å². The van der Waals surface area contributed by atoms with E-state index >= 15 is 0 Å². The first-order valence-electron chi connectivity index (χ1n) is 7.83. The lowest BCUT2D eigenvalue weighted by atomic mass is 9.88. The molecular weight excluding hydrogens is 278 g/mol. The number of ether oxygens (including phenoxy) is 1. The van der Waals surface area contributed by atoms with E-state index in [1.807, 2.05) is 31.3 Å². The maximum absolute atomic E-state index is 12.6. The van der Waals surface area contributed by atoms with Gasteiger partial charge in [-0.2, -0.15) is 0 Å². The Morgan fingerprint density at radius 2 is 2.09 bits per heavy atom. The molecule has 1 amide bonds. The minimum Gasteiger partial charge on any atom is -0.390 e. The molecule has 0 bridgehead atoms. The molecule has 0 spiro atoms. The molecule has 0 saturated carbocycles. The van der Waals surface area contributed by atoms with Crippen LogP contribution >= 0.6 is 0 Å². The molecule has 1 heterocycles. The number of carbonyl (C=O) groups is 1. The van der Waals surface area contributed by atoms with Gasteiger partial charge < -0.3 is 14.7 Å². The summed E-state index contributed by atoms with van der Waals surface area (Å²) in [6, 6.07) is 7.70. The molecule has 0 aromatic heterocycles. The van der Waals surface area contributed by atoms with Crippen molar-refractivity contribution >= 4 is 5.91 Å². The highest BCUT2D eigenvalue weighted by molar-refractivity contribution is 5.94. The number of benzene rings is 1. The number of rotatable bonds is 6. The topological polar surface area (TPSA) is 49.8 Å². The van der Waals surface area contributed by atoms with Gasteiger partial charge in [-0.3, -0.25) is 4.79 Å². The maximum atomic E-state index is 12.6. The van der Waals surface area contributed by atoms with Crippen LogP contribution in [-0.4, -0.2) is 48.3 Å². The number of carbonyl (C=O) groups excluding carboxylic acids is 1. The first-order valence-corrected chi connectivity index (χ1v) is 7.83. The van der Waals surface area contributed by atoms with Crippen LogP contribution in [0.15, 0.2) is 24.3 Å². The number of hydrogen-bond donors (Lipinski definition) is 1. The molecule has 22 heavy (non-hydrogen) atoms. The fourth-order valence-corrected chi connectivity index (χ4v) is 2.72. The third-order valence-corrected chi connectivity index (χ3v) is 4.07. The molecule has 1 aliphatic rings. The Labute approximate surface area is 133 Å². The summed E-state index contributed by atoms with van der Waals surface area (Å²) < 4.78 is 5.25. The van der Waals surface area contributed by atoms with Gasteiger partial charge in [0, 0.05) is 24.6 Å². The fourth-order valence-electron chi connectivity index (χ4n) is 2.72. The van der Waals surface area contributed by atoms with Gasteiger partial charge in [0.1, 0.15) is 0 Å². The lowest BCUT2D eigenvalue weighted by Gasteiger charge is -2.40. The van der Waals surface area contributed by atoms with Gasteiger partial charge in [0.25, 0.3) is 5.91 Å². The molecule has 1 N–H and O–H groups in total. The van der Waals surface area contributed by atoms with Crippen molar-refractivity contribution in [3.05, 3.63) is 35.4 Å². The quantitative estimate of drug-likeness (QED) is 0.878. The van der Waals surface area contributed by atoms with Gasteiger partial charge in [0.05, 0.1) is 18.8 Å². The largest absolute Gasteiger partial charge is 0.390 e. The molecule has 1 aromatic rings. The van der Waals surface area contributed by atoms with Crippen molar-refractivity contribution in [1.82, 2.24) is 4.90 Å². The lowest BCUT2D eigenvalue weighted by molar-refractivity contribution is -0.109. The maximum Gasteiger partial charge on any atom is 0.253 e. The van der Waals surface area contributed by atoms with E-state index in [4.69, 9.17) is 4.74 Å². The molecule has 2 rings (SSSR count). The van der Waals surface area contributed by atoms with E-state index in [1.54, 1.807) is 18.7 Å². The van der Waals surface area contributed by atoms with E-state index in [0.29, 0.717) is 18.5 Å². The zero-order valence-corrected chi connectivity index (χ0v) is 14.1. The molecule has 1 aromatic carbocycles. The van der Waals surface area contributed by atoms with Crippen LogP contribution in [0.2, 0.25) is 0 Å². The number of aliphatic hydroxyl groups is 1. The number of aryl methyl sites for hydroxylation is 1. The van der Waals surface area contributed by atoms with Crippen LogP contribution in [0.5, 0.6) is 0 Å². The van der Waals surface area contributed by atoms with Gasteiger partial charge in [-0.1, -0.05) is 19.1 Å². The molecule has 4 heteroatoms. The Hall–Kier alpha value is -1.39. The van der Waals surface area contributed by atoms with Gasteiger partial charge in [-0.15, -0.1) is 0 Å². The average Bonchev–Trinajstić information content (AvgIpc) is 2.42. The minimum absolute atomic E-state index is 0.0400. The summed E-state index contributed by atoms with van der Waals surface area (Å²) >= 11 is 0. The Morgan fingerprint density at radius 3 is 2.64 bits per heavy atom. The Balaban J connectivity index is 2.00. The summed E-state index contributed by atoms with van der Waals surface area (Å²) in [5.41, 5.74) is 1.19. The van der Waals surface area contributed by atoms with Crippen LogP contribution in [0.1, 0.15) is 43.1 Å². The molecule has 122 valence electrons. The number of amides is 1. The summed E-state index contributed by atoms with van der Waals surface area (Å²) in [7, 11) is 1.84. The third kappa shape index (κ3) is 4.55. The zero-order valence-electron chi connectivity index (χ0n) is 14.1. The molecule has 0 unspecified atom stereocenters. The third-order valence-electron chi connectivity index (χ3n) is 4.07. The minimum atomic E-state index is -0.685. The molecular formula is C18H27NO3. The van der Waals surface area contributed by atoms with Crippen LogP contribution in [0.4, 0.5) is 0 Å². The summed E-state index contributed by atoms with van der Waals surface area (Å²) in [6.07, 6.45) is 1.44. The Morgan fingerprint density at radius 1 is 1.41 bits per heavy atom. The standard InChI is InChI=1S/C18H27NO3/c1-17(2,21)9-8-14-6-5-7-15(10-14)16(20)19(4)11-18(3)12-22-13-18/h5-7,10,21H,8-9,11-13H2,1-4H3. The van der Waals surface area contributed by atoms with Crippen LogP contribution in [0.25, 0.3) is 0 Å². The summed E-state index contributed by atoms with van der Waals surface area (Å²) in [5.74, 6) is 0.0400. The number of hydrogen-bond acceptors (Lipinski definition) is 3. The molecule has 0 atom stereocenters. The van der Waals surface area contributed by atoms with Crippen molar-refractivity contribution in [1.29, 1.82) is 0 Å². The van der Waals surface area contributed by atoms with Gasteiger partial charge in [0.2, 0.25) is 0 Å². The van der Waals surface area contributed by atoms with E-state index in [0.717, 1.165) is 25.2 Å². The van der Waals surface area contributed by atoms with E-state index in [9.17, 15) is 9.90 Å². The van der Waals surface area contributed by atoms with Gasteiger partial charge >= 0.3 is 0 Å². The highest BCUT2D eigenvalue weighted by atomic mass is 16.5. The van der Waals surface area contributed by atoms with Crippen molar-refractivity contribution in [2.45, 2.75) is 39.2 Å². The van der Waals surface area contributed by atoms with Crippen LogP contribution in [0.3, 0.4) is 0 Å². The summed E-state index contributed by atoms with van der Waals surface area (Å²) in [6.45, 7) is 7.89. The van der Waals surface area contributed by atoms with Crippen molar-refractivity contribution in [3.8, 4) is 0 Å². The molecule has 1 fully saturated rings. The first-order chi connectivity index (χ1) is 10.2. The second kappa shape index (κ2) is 6.39. The zero-order chi connectivity index (χ0) is 16.4. The van der Waals surface area contributed by atoms with Gasteiger partial charge in [0.15, 0.2) is 0 Å². The van der Waals surface area contributed by atoms with E-state index in [2.05, 4.69) is 6.92 Å². The van der Waals surface area contributed by atoms with Gasteiger partial charge in [-0.05, 0) is 44.4 Å². The summed E-state index contributed by atoms with van der Waals surface area (Å²) in [5, 5.41) is 9.82. The van der Waals surface area contributed by atoms with Crippen LogP contribution in [0, 0.1) is 5.41 Å². The van der Waals surface area contributed by atoms with Crippen LogP contribution < -0.4 is 0 Å². The monoisotopic (exact) mass is 305 g/mol. The molecule has 4 nitrogen and oxygen atoms in total. The molecule has 1 saturated heterocycles. The highest BCUT2D eigenvalue weighted by Crippen LogP contribution is 2.27. The van der Waals surface area contributed by atoms with E-state index < -0.39 is 5.60 Å². The fraction of sp³-hybridized carbons (Fsp3) is 0.611. The first kappa shape index (κ1) is 17.0. The average molecular weight is 305 g/mol. The second-order valence-electron chi connectivity index (χ2n) is 7.48. The molecule has 0 aliphatic carbocycles. The Kier molecular flexibility index (Phi) is 4.93. The number of nitrogens with zero attached hydrogens (tertiary/aromatic N) is 1. The van der Waals surface area contributed by atoms with Crippen molar-refractivity contribution < 1.29 is 14.6 Å². The normalized spacial score (nSPS) is 17.0. The van der Waals surface area contributed by atoms with Crippen molar-refractivity contribution in [2.75, 3.05) is 26.8 Å².